The average Bonchev–Trinajstić information content (AvgIpc) is 2.75. The highest BCUT2D eigenvalue weighted by Crippen LogP contribution is 2.31. The van der Waals surface area contributed by atoms with Crippen LogP contribution < -0.4 is 19.5 Å². The standard InChI is InChI=1S/C23H20ClN3O3/c1-2-30-19-12-8-17(9-13-19)25-23(29)22-20-5-3-4-14-26(20)15-21(28)27(22)18-10-6-16(24)7-11-18/h3-14,22H,2,15H2,1H3/p+1/t22-/m1/s1. The summed E-state index contributed by atoms with van der Waals surface area (Å²) in [6.45, 7) is 2.64. The van der Waals surface area contributed by atoms with E-state index >= 15 is 0 Å². The average molecular weight is 423 g/mol. The van der Waals surface area contributed by atoms with Crippen LogP contribution in [-0.2, 0) is 16.1 Å². The fraction of sp³-hybridized carbons (Fsp3) is 0.174. The number of halogens is 1. The lowest BCUT2D eigenvalue weighted by atomic mass is 10.0. The summed E-state index contributed by atoms with van der Waals surface area (Å²) in [5.74, 6) is 0.252. The third-order valence-electron chi connectivity index (χ3n) is 4.87. The van der Waals surface area contributed by atoms with Gasteiger partial charge in [0.2, 0.25) is 18.3 Å². The molecule has 0 unspecified atom stereocenters. The van der Waals surface area contributed by atoms with Crippen molar-refractivity contribution in [2.75, 3.05) is 16.8 Å². The number of aromatic nitrogens is 1. The Morgan fingerprint density at radius 2 is 1.87 bits per heavy atom. The lowest BCUT2D eigenvalue weighted by molar-refractivity contribution is -0.695. The molecule has 0 bridgehead atoms. The maximum Gasteiger partial charge on any atom is 0.294 e. The van der Waals surface area contributed by atoms with Crippen LogP contribution in [0.1, 0.15) is 18.7 Å². The summed E-state index contributed by atoms with van der Waals surface area (Å²) in [5, 5.41) is 3.49. The number of carbonyl (C=O) groups is 2. The number of pyridine rings is 1. The van der Waals surface area contributed by atoms with Crippen LogP contribution in [0, 0.1) is 0 Å². The molecule has 0 fully saturated rings. The molecule has 1 N–H and O–H groups in total. The molecule has 7 heteroatoms. The van der Waals surface area contributed by atoms with Crippen molar-refractivity contribution in [2.24, 2.45) is 0 Å². The summed E-state index contributed by atoms with van der Waals surface area (Å²) >= 11 is 6.01. The largest absolute Gasteiger partial charge is 0.494 e. The quantitative estimate of drug-likeness (QED) is 0.637. The molecule has 4 rings (SSSR count). The second kappa shape index (κ2) is 8.55. The number of fused-ring (bicyclic) bond motifs is 1. The summed E-state index contributed by atoms with van der Waals surface area (Å²) < 4.78 is 7.25. The first-order valence-corrected chi connectivity index (χ1v) is 10.0. The van der Waals surface area contributed by atoms with Crippen molar-refractivity contribution >= 4 is 34.8 Å². The molecule has 2 heterocycles. The minimum absolute atomic E-state index is 0.158. The van der Waals surface area contributed by atoms with Gasteiger partial charge in [-0.15, -0.1) is 0 Å². The normalized spacial score (nSPS) is 15.5. The molecule has 1 aliphatic rings. The molecule has 0 spiro atoms. The Kier molecular flexibility index (Phi) is 5.68. The molecule has 0 saturated carbocycles. The van der Waals surface area contributed by atoms with Crippen LogP contribution in [0.5, 0.6) is 5.75 Å². The number of carbonyl (C=O) groups excluding carboxylic acids is 2. The van der Waals surface area contributed by atoms with E-state index in [0.717, 1.165) is 11.4 Å². The zero-order chi connectivity index (χ0) is 21.1. The van der Waals surface area contributed by atoms with Crippen molar-refractivity contribution in [1.82, 2.24) is 0 Å². The first kappa shape index (κ1) is 19.9. The van der Waals surface area contributed by atoms with Crippen LogP contribution in [0.3, 0.4) is 0 Å². The van der Waals surface area contributed by atoms with Crippen LogP contribution in [-0.4, -0.2) is 18.4 Å². The van der Waals surface area contributed by atoms with Gasteiger partial charge < -0.3 is 10.1 Å². The second-order valence-corrected chi connectivity index (χ2v) is 7.28. The zero-order valence-corrected chi connectivity index (χ0v) is 17.2. The maximum atomic E-state index is 13.4. The van der Waals surface area contributed by atoms with E-state index in [2.05, 4.69) is 5.32 Å². The van der Waals surface area contributed by atoms with Crippen molar-refractivity contribution in [3.8, 4) is 5.75 Å². The molecule has 6 nitrogen and oxygen atoms in total. The Balaban J connectivity index is 1.69. The van der Waals surface area contributed by atoms with E-state index < -0.39 is 6.04 Å². The van der Waals surface area contributed by atoms with Crippen molar-refractivity contribution < 1.29 is 18.9 Å². The van der Waals surface area contributed by atoms with Gasteiger partial charge in [0.25, 0.3) is 11.8 Å². The molecule has 0 saturated heterocycles. The van der Waals surface area contributed by atoms with E-state index in [1.54, 1.807) is 53.1 Å². The number of rotatable bonds is 5. The summed E-state index contributed by atoms with van der Waals surface area (Å²) in [6.07, 6.45) is 1.81. The van der Waals surface area contributed by atoms with Crippen molar-refractivity contribution in [3.63, 3.8) is 0 Å². The molecular formula is C23H21ClN3O3+. The van der Waals surface area contributed by atoms with Crippen molar-refractivity contribution in [2.45, 2.75) is 19.5 Å². The Hall–Kier alpha value is -3.38. The maximum absolute atomic E-state index is 13.4. The predicted molar refractivity (Wildman–Crippen MR) is 115 cm³/mol. The highest BCUT2D eigenvalue weighted by atomic mass is 35.5. The van der Waals surface area contributed by atoms with E-state index in [4.69, 9.17) is 16.3 Å². The van der Waals surface area contributed by atoms with Crippen LogP contribution in [0.15, 0.2) is 72.9 Å². The van der Waals surface area contributed by atoms with Gasteiger partial charge in [0, 0.05) is 28.5 Å². The van der Waals surface area contributed by atoms with Gasteiger partial charge in [0.05, 0.1) is 6.61 Å². The van der Waals surface area contributed by atoms with Crippen molar-refractivity contribution in [3.05, 3.63) is 83.6 Å². The number of hydrogen-bond donors (Lipinski definition) is 1. The smallest absolute Gasteiger partial charge is 0.294 e. The first-order valence-electron chi connectivity index (χ1n) is 9.66. The fourth-order valence-corrected chi connectivity index (χ4v) is 3.66. The number of ether oxygens (including phenoxy) is 1. The molecule has 0 aliphatic carbocycles. The second-order valence-electron chi connectivity index (χ2n) is 6.84. The highest BCUT2D eigenvalue weighted by Gasteiger charge is 2.43. The molecule has 3 aromatic rings. The summed E-state index contributed by atoms with van der Waals surface area (Å²) in [6, 6.07) is 18.8. The van der Waals surface area contributed by atoms with Gasteiger partial charge >= 0.3 is 0 Å². The molecule has 1 atom stereocenters. The van der Waals surface area contributed by atoms with Crippen molar-refractivity contribution in [1.29, 1.82) is 0 Å². The monoisotopic (exact) mass is 422 g/mol. The first-order chi connectivity index (χ1) is 14.6. The van der Waals surface area contributed by atoms with E-state index in [-0.39, 0.29) is 18.4 Å². The highest BCUT2D eigenvalue weighted by molar-refractivity contribution is 6.30. The predicted octanol–water partition coefficient (Wildman–Crippen LogP) is 3.75. The Bertz CT molecular complexity index is 1070. The Morgan fingerprint density at radius 1 is 1.13 bits per heavy atom. The molecule has 152 valence electrons. The fourth-order valence-electron chi connectivity index (χ4n) is 3.54. The summed E-state index contributed by atoms with van der Waals surface area (Å²) in [4.78, 5) is 27.9. The van der Waals surface area contributed by atoms with Gasteiger partial charge in [-0.25, -0.2) is 0 Å². The van der Waals surface area contributed by atoms with E-state index in [9.17, 15) is 9.59 Å². The topological polar surface area (TPSA) is 62.5 Å². The zero-order valence-electron chi connectivity index (χ0n) is 16.4. The molecule has 30 heavy (non-hydrogen) atoms. The number of hydrogen-bond acceptors (Lipinski definition) is 3. The van der Waals surface area contributed by atoms with Gasteiger partial charge in [0.15, 0.2) is 6.20 Å². The number of benzene rings is 2. The lowest BCUT2D eigenvalue weighted by Gasteiger charge is -2.32. The SMILES string of the molecule is CCOc1ccc(NC(=O)[C@H]2c3cccc[n+]3CC(=O)N2c2ccc(Cl)cc2)cc1. The van der Waals surface area contributed by atoms with Gasteiger partial charge in [-0.2, -0.15) is 4.57 Å². The van der Waals surface area contributed by atoms with E-state index in [0.29, 0.717) is 23.0 Å². The summed E-state index contributed by atoms with van der Waals surface area (Å²) in [7, 11) is 0. The number of nitrogens with zero attached hydrogens (tertiary/aromatic N) is 2. The minimum Gasteiger partial charge on any atom is -0.494 e. The molecular weight excluding hydrogens is 402 g/mol. The van der Waals surface area contributed by atoms with Crippen LogP contribution in [0.4, 0.5) is 11.4 Å². The van der Waals surface area contributed by atoms with Crippen LogP contribution >= 0.6 is 11.6 Å². The van der Waals surface area contributed by atoms with Crippen LogP contribution in [0.25, 0.3) is 0 Å². The lowest BCUT2D eigenvalue weighted by Crippen LogP contribution is -2.58. The van der Waals surface area contributed by atoms with E-state index in [1.807, 2.05) is 31.3 Å². The molecule has 1 aliphatic heterocycles. The molecule has 1 aromatic heterocycles. The third-order valence-corrected chi connectivity index (χ3v) is 5.13. The van der Waals surface area contributed by atoms with Crippen LogP contribution in [0.2, 0.25) is 5.02 Å². The Labute approximate surface area is 179 Å². The molecule has 2 aromatic carbocycles. The van der Waals surface area contributed by atoms with Gasteiger partial charge in [-0.1, -0.05) is 17.7 Å². The van der Waals surface area contributed by atoms with Gasteiger partial charge in [-0.3, -0.25) is 14.5 Å². The molecule has 0 radical (unpaired) electrons. The number of amides is 2. The Morgan fingerprint density at radius 3 is 2.57 bits per heavy atom. The third kappa shape index (κ3) is 4.00. The van der Waals surface area contributed by atoms with Gasteiger partial charge in [-0.05, 0) is 55.5 Å². The molecule has 2 amide bonds. The number of nitrogens with one attached hydrogen (secondary N) is 1. The van der Waals surface area contributed by atoms with Gasteiger partial charge in [0.1, 0.15) is 5.75 Å². The minimum atomic E-state index is -0.819. The van der Waals surface area contributed by atoms with E-state index in [1.165, 1.54) is 4.90 Å². The number of anilines is 2. The summed E-state index contributed by atoms with van der Waals surface area (Å²) in [5.41, 5.74) is 1.97.